The first kappa shape index (κ1) is 17.7. The zero-order chi connectivity index (χ0) is 16.8. The van der Waals surface area contributed by atoms with Gasteiger partial charge in [0.1, 0.15) is 0 Å². The van der Waals surface area contributed by atoms with Crippen molar-refractivity contribution in [3.8, 4) is 0 Å². The number of rotatable bonds is 6. The minimum absolute atomic E-state index is 0.184. The van der Waals surface area contributed by atoms with E-state index in [9.17, 15) is 9.90 Å². The Balaban J connectivity index is 2.16. The number of methoxy groups -OCH3 is 3. The maximum atomic E-state index is 11.9. The van der Waals surface area contributed by atoms with Crippen LogP contribution in [0, 0.1) is 5.92 Å². The number of hydrogen-bond acceptors (Lipinski definition) is 6. The topological polar surface area (TPSA) is 68.2 Å². The molecular formula is C17H25NO5. The van der Waals surface area contributed by atoms with E-state index in [1.165, 1.54) is 7.11 Å². The first-order valence-corrected chi connectivity index (χ1v) is 7.77. The molecular weight excluding hydrogens is 298 g/mol. The standard InChI is InChI=1S/C17H25NO5/c1-21-16(20)13-5-4-6-15(14(13)11-19)18-9-7-12(8-10-18)17(22-2)23-3/h4-6,12,17,19H,7-11H2,1-3H3. The van der Waals surface area contributed by atoms with Crippen LogP contribution in [0.25, 0.3) is 0 Å². The third-order valence-electron chi connectivity index (χ3n) is 4.44. The Bertz CT molecular complexity index is 522. The highest BCUT2D eigenvalue weighted by Crippen LogP contribution is 2.30. The van der Waals surface area contributed by atoms with Gasteiger partial charge in [0.15, 0.2) is 6.29 Å². The summed E-state index contributed by atoms with van der Waals surface area (Å²) in [6, 6.07) is 5.43. The minimum Gasteiger partial charge on any atom is -0.465 e. The molecule has 128 valence electrons. The lowest BCUT2D eigenvalue weighted by Crippen LogP contribution is -2.39. The summed E-state index contributed by atoms with van der Waals surface area (Å²) in [5, 5.41) is 9.72. The van der Waals surface area contributed by atoms with Crippen molar-refractivity contribution in [2.75, 3.05) is 39.3 Å². The molecule has 23 heavy (non-hydrogen) atoms. The van der Waals surface area contributed by atoms with E-state index in [-0.39, 0.29) is 12.9 Å². The van der Waals surface area contributed by atoms with Gasteiger partial charge in [-0.15, -0.1) is 0 Å². The summed E-state index contributed by atoms with van der Waals surface area (Å²) in [7, 11) is 4.66. The Kier molecular flexibility index (Phi) is 6.38. The second-order valence-corrected chi connectivity index (χ2v) is 5.62. The Morgan fingerprint density at radius 2 is 1.91 bits per heavy atom. The smallest absolute Gasteiger partial charge is 0.338 e. The van der Waals surface area contributed by atoms with Gasteiger partial charge in [-0.3, -0.25) is 0 Å². The lowest BCUT2D eigenvalue weighted by molar-refractivity contribution is -0.141. The number of esters is 1. The van der Waals surface area contributed by atoms with Crippen molar-refractivity contribution in [3.63, 3.8) is 0 Å². The van der Waals surface area contributed by atoms with E-state index in [1.807, 2.05) is 12.1 Å². The highest BCUT2D eigenvalue weighted by atomic mass is 16.7. The van der Waals surface area contributed by atoms with E-state index in [0.29, 0.717) is 17.0 Å². The van der Waals surface area contributed by atoms with E-state index in [4.69, 9.17) is 14.2 Å². The van der Waals surface area contributed by atoms with Crippen LogP contribution in [0.1, 0.15) is 28.8 Å². The lowest BCUT2D eigenvalue weighted by Gasteiger charge is -2.37. The molecule has 1 saturated heterocycles. The van der Waals surface area contributed by atoms with E-state index < -0.39 is 5.97 Å². The SMILES string of the molecule is COC(=O)c1cccc(N2CCC(C(OC)OC)CC2)c1CO. The van der Waals surface area contributed by atoms with Crippen molar-refractivity contribution in [3.05, 3.63) is 29.3 Å². The second kappa shape index (κ2) is 8.29. The van der Waals surface area contributed by atoms with Crippen LogP contribution in [0.5, 0.6) is 0 Å². The highest BCUT2D eigenvalue weighted by Gasteiger charge is 2.28. The highest BCUT2D eigenvalue weighted by molar-refractivity contribution is 5.92. The Labute approximate surface area is 136 Å². The normalized spacial score (nSPS) is 16.0. The van der Waals surface area contributed by atoms with Crippen LogP contribution in [-0.4, -0.2) is 51.8 Å². The van der Waals surface area contributed by atoms with Gasteiger partial charge in [0.2, 0.25) is 0 Å². The summed E-state index contributed by atoms with van der Waals surface area (Å²) < 4.78 is 15.5. The molecule has 0 aliphatic carbocycles. The number of benzene rings is 1. The molecule has 1 heterocycles. The average molecular weight is 323 g/mol. The van der Waals surface area contributed by atoms with E-state index in [1.54, 1.807) is 20.3 Å². The zero-order valence-electron chi connectivity index (χ0n) is 13.9. The number of anilines is 1. The number of carbonyl (C=O) groups is 1. The summed E-state index contributed by atoms with van der Waals surface area (Å²) >= 11 is 0. The molecule has 1 aliphatic rings. The molecule has 0 amide bonds. The van der Waals surface area contributed by atoms with Gasteiger partial charge >= 0.3 is 5.97 Å². The van der Waals surface area contributed by atoms with Crippen LogP contribution in [0.4, 0.5) is 5.69 Å². The Morgan fingerprint density at radius 1 is 1.26 bits per heavy atom. The molecule has 6 nitrogen and oxygen atoms in total. The number of nitrogens with zero attached hydrogens (tertiary/aromatic N) is 1. The fraction of sp³-hybridized carbons (Fsp3) is 0.588. The van der Waals surface area contributed by atoms with Gasteiger partial charge in [0.05, 0.1) is 19.3 Å². The molecule has 0 atom stereocenters. The number of aliphatic hydroxyl groups excluding tert-OH is 1. The fourth-order valence-corrected chi connectivity index (χ4v) is 3.23. The van der Waals surface area contributed by atoms with Crippen LogP contribution < -0.4 is 4.90 Å². The van der Waals surface area contributed by atoms with Gasteiger partial charge < -0.3 is 24.2 Å². The summed E-state index contributed by atoms with van der Waals surface area (Å²) in [5.41, 5.74) is 1.93. The molecule has 0 bridgehead atoms. The summed E-state index contributed by atoms with van der Waals surface area (Å²) in [6.07, 6.45) is 1.68. The van der Waals surface area contributed by atoms with Gasteiger partial charge in [0.25, 0.3) is 0 Å². The number of ether oxygens (including phenoxy) is 3. The maximum absolute atomic E-state index is 11.9. The van der Waals surface area contributed by atoms with E-state index >= 15 is 0 Å². The first-order valence-electron chi connectivity index (χ1n) is 7.77. The fourth-order valence-electron chi connectivity index (χ4n) is 3.23. The molecule has 0 saturated carbocycles. The molecule has 1 N–H and O–H groups in total. The summed E-state index contributed by atoms with van der Waals surface area (Å²) in [4.78, 5) is 14.1. The molecule has 0 spiro atoms. The number of carbonyl (C=O) groups excluding carboxylic acids is 1. The van der Waals surface area contributed by atoms with Gasteiger partial charge in [-0.25, -0.2) is 4.79 Å². The van der Waals surface area contributed by atoms with Crippen LogP contribution in [-0.2, 0) is 20.8 Å². The van der Waals surface area contributed by atoms with Crippen LogP contribution in [0.3, 0.4) is 0 Å². The van der Waals surface area contributed by atoms with Gasteiger partial charge in [0, 0.05) is 44.5 Å². The third-order valence-corrected chi connectivity index (χ3v) is 4.44. The minimum atomic E-state index is -0.426. The van der Waals surface area contributed by atoms with E-state index in [2.05, 4.69) is 4.90 Å². The molecule has 1 fully saturated rings. The van der Waals surface area contributed by atoms with Crippen LogP contribution in [0.2, 0.25) is 0 Å². The van der Waals surface area contributed by atoms with Gasteiger partial charge in [-0.05, 0) is 25.0 Å². The molecule has 1 aliphatic heterocycles. The average Bonchev–Trinajstić information content (AvgIpc) is 2.62. The van der Waals surface area contributed by atoms with Crippen LogP contribution >= 0.6 is 0 Å². The predicted molar refractivity (Wildman–Crippen MR) is 86.4 cm³/mol. The number of piperidine rings is 1. The Morgan fingerprint density at radius 3 is 2.43 bits per heavy atom. The van der Waals surface area contributed by atoms with Crippen molar-refractivity contribution < 1.29 is 24.1 Å². The molecule has 1 aromatic rings. The molecule has 6 heteroatoms. The predicted octanol–water partition coefficient (Wildman–Crippen LogP) is 1.80. The largest absolute Gasteiger partial charge is 0.465 e. The maximum Gasteiger partial charge on any atom is 0.338 e. The molecule has 0 radical (unpaired) electrons. The van der Waals surface area contributed by atoms with Gasteiger partial charge in [-0.1, -0.05) is 6.07 Å². The molecule has 1 aromatic carbocycles. The quantitative estimate of drug-likeness (QED) is 0.636. The Hall–Kier alpha value is -1.63. The summed E-state index contributed by atoms with van der Waals surface area (Å²) in [5.74, 6) is -0.0766. The van der Waals surface area contributed by atoms with E-state index in [0.717, 1.165) is 31.6 Å². The van der Waals surface area contributed by atoms with Crippen molar-refractivity contribution >= 4 is 11.7 Å². The lowest BCUT2D eigenvalue weighted by atomic mass is 9.94. The summed E-state index contributed by atoms with van der Waals surface area (Å²) in [6.45, 7) is 1.45. The first-order chi connectivity index (χ1) is 11.2. The molecule has 0 unspecified atom stereocenters. The number of aliphatic hydroxyl groups is 1. The molecule has 2 rings (SSSR count). The zero-order valence-corrected chi connectivity index (χ0v) is 13.9. The second-order valence-electron chi connectivity index (χ2n) is 5.62. The van der Waals surface area contributed by atoms with Gasteiger partial charge in [-0.2, -0.15) is 0 Å². The van der Waals surface area contributed by atoms with Crippen molar-refractivity contribution in [2.24, 2.45) is 5.92 Å². The monoisotopic (exact) mass is 323 g/mol. The number of hydrogen-bond donors (Lipinski definition) is 1. The van der Waals surface area contributed by atoms with Crippen molar-refractivity contribution in [2.45, 2.75) is 25.7 Å². The van der Waals surface area contributed by atoms with Crippen molar-refractivity contribution in [1.29, 1.82) is 0 Å². The molecule has 0 aromatic heterocycles. The van der Waals surface area contributed by atoms with Crippen molar-refractivity contribution in [1.82, 2.24) is 0 Å². The third kappa shape index (κ3) is 3.83. The van der Waals surface area contributed by atoms with Crippen LogP contribution in [0.15, 0.2) is 18.2 Å².